The molecule has 7 aromatic rings. The van der Waals surface area contributed by atoms with Gasteiger partial charge in [-0.3, -0.25) is 19.2 Å². The monoisotopic (exact) mass is 656 g/mol. The van der Waals surface area contributed by atoms with Crippen LogP contribution in [0.15, 0.2) is 106 Å². The highest BCUT2D eigenvalue weighted by Crippen LogP contribution is 2.39. The number of nitrogen functional groups attached to an aromatic ring is 2. The highest BCUT2D eigenvalue weighted by molar-refractivity contribution is 6.31. The Morgan fingerprint density at radius 3 is 1.06 bits per heavy atom. The van der Waals surface area contributed by atoms with E-state index in [0.29, 0.717) is 33.4 Å². The zero-order valence-electron chi connectivity index (χ0n) is 25.6. The number of nitrogens with two attached hydrogens (primary N) is 2. The van der Waals surface area contributed by atoms with Crippen molar-refractivity contribution >= 4 is 34.5 Å². The van der Waals surface area contributed by atoms with E-state index in [2.05, 4.69) is 20.4 Å². The second kappa shape index (κ2) is 10.6. The molecule has 50 heavy (non-hydrogen) atoms. The van der Waals surface area contributed by atoms with Crippen molar-refractivity contribution in [3.63, 3.8) is 0 Å². The summed E-state index contributed by atoms with van der Waals surface area (Å²) in [6, 6.07) is 26.4. The van der Waals surface area contributed by atoms with Gasteiger partial charge < -0.3 is 20.3 Å². The smallest absolute Gasteiger partial charge is 0.250 e. The minimum atomic E-state index is -0.349. The number of aromatic nitrogens is 4. The summed E-state index contributed by atoms with van der Waals surface area (Å²) in [5.41, 5.74) is 16.7. The minimum Gasteiger partial charge on any atom is -0.416 e. The molecule has 0 radical (unpaired) electrons. The lowest BCUT2D eigenvalue weighted by Gasteiger charge is -2.19. The summed E-state index contributed by atoms with van der Waals surface area (Å²) < 4.78 is 11.9. The van der Waals surface area contributed by atoms with Crippen molar-refractivity contribution in [2.45, 2.75) is 0 Å². The summed E-state index contributed by atoms with van der Waals surface area (Å²) in [5, 5.41) is 16.6. The minimum absolute atomic E-state index is 0.0773. The van der Waals surface area contributed by atoms with Gasteiger partial charge in [0.25, 0.3) is 0 Å². The van der Waals surface area contributed by atoms with Crippen molar-refractivity contribution in [1.29, 1.82) is 0 Å². The molecular formula is C38H20N6O6. The number of ketones is 4. The van der Waals surface area contributed by atoms with Gasteiger partial charge in [-0.05, 0) is 48.5 Å². The number of hydrogen-bond acceptors (Lipinski definition) is 12. The average molecular weight is 657 g/mol. The van der Waals surface area contributed by atoms with E-state index in [9.17, 15) is 19.2 Å². The molecule has 4 N–H and O–H groups in total. The summed E-state index contributed by atoms with van der Waals surface area (Å²) in [4.78, 5) is 52.8. The van der Waals surface area contributed by atoms with Gasteiger partial charge in [-0.2, -0.15) is 0 Å². The largest absolute Gasteiger partial charge is 0.416 e. The van der Waals surface area contributed by atoms with Crippen LogP contribution in [0, 0.1) is 0 Å². The van der Waals surface area contributed by atoms with E-state index in [1.165, 1.54) is 0 Å². The number of hydrogen-bond donors (Lipinski definition) is 2. The summed E-state index contributed by atoms with van der Waals surface area (Å²) >= 11 is 0. The van der Waals surface area contributed by atoms with Gasteiger partial charge in [0.1, 0.15) is 0 Å². The van der Waals surface area contributed by atoms with Gasteiger partial charge in [0.15, 0.2) is 23.1 Å². The molecule has 0 fully saturated rings. The fourth-order valence-electron chi connectivity index (χ4n) is 6.45. The summed E-state index contributed by atoms with van der Waals surface area (Å²) in [6.45, 7) is 0. The molecule has 238 valence electrons. The number of fused-ring (bicyclic) bond motifs is 4. The second-order valence-electron chi connectivity index (χ2n) is 11.7. The zero-order valence-corrected chi connectivity index (χ0v) is 25.6. The van der Waals surface area contributed by atoms with Crippen molar-refractivity contribution in [3.8, 4) is 45.8 Å². The van der Waals surface area contributed by atoms with Gasteiger partial charge in [-0.1, -0.05) is 48.5 Å². The van der Waals surface area contributed by atoms with Crippen LogP contribution >= 0.6 is 0 Å². The highest BCUT2D eigenvalue weighted by atomic mass is 16.4. The first-order chi connectivity index (χ1) is 24.3. The molecule has 0 saturated heterocycles. The van der Waals surface area contributed by atoms with Crippen molar-refractivity contribution in [1.82, 2.24) is 20.4 Å². The first-order valence-corrected chi connectivity index (χ1v) is 15.3. The molecular weight excluding hydrogens is 636 g/mol. The molecule has 5 aromatic carbocycles. The third-order valence-corrected chi connectivity index (χ3v) is 8.96. The number of rotatable bonds is 4. The molecule has 0 unspecified atom stereocenters. The van der Waals surface area contributed by atoms with Gasteiger partial charge in [-0.25, -0.2) is 0 Å². The van der Waals surface area contributed by atoms with E-state index in [4.69, 9.17) is 20.3 Å². The summed E-state index contributed by atoms with van der Waals surface area (Å²) in [7, 11) is 0. The fraction of sp³-hybridized carbons (Fsp3) is 0. The molecule has 2 heterocycles. The van der Waals surface area contributed by atoms with E-state index in [1.807, 2.05) is 0 Å². The van der Waals surface area contributed by atoms with Crippen molar-refractivity contribution in [3.05, 3.63) is 142 Å². The van der Waals surface area contributed by atoms with Crippen LogP contribution in [0.1, 0.15) is 63.7 Å². The van der Waals surface area contributed by atoms with Gasteiger partial charge in [-0.15, -0.1) is 20.4 Å². The molecule has 0 spiro atoms. The van der Waals surface area contributed by atoms with Gasteiger partial charge in [0.05, 0.1) is 33.6 Å². The maximum absolute atomic E-state index is 13.3. The van der Waals surface area contributed by atoms with Crippen molar-refractivity contribution < 1.29 is 28.0 Å². The van der Waals surface area contributed by atoms with Crippen LogP contribution in [0.25, 0.3) is 45.8 Å². The number of nitrogens with zero attached hydrogens (tertiary/aromatic N) is 4. The first-order valence-electron chi connectivity index (χ1n) is 15.3. The van der Waals surface area contributed by atoms with Gasteiger partial charge in [0.2, 0.25) is 23.6 Å². The second-order valence-corrected chi connectivity index (χ2v) is 11.7. The predicted molar refractivity (Wildman–Crippen MR) is 179 cm³/mol. The fourth-order valence-corrected chi connectivity index (χ4v) is 6.45. The molecule has 0 aliphatic heterocycles. The Balaban J connectivity index is 0.985. The third kappa shape index (κ3) is 4.12. The molecule has 2 aliphatic rings. The first kappa shape index (κ1) is 28.8. The lowest BCUT2D eigenvalue weighted by atomic mass is 9.82. The van der Waals surface area contributed by atoms with E-state index in [-0.39, 0.29) is 91.5 Å². The molecule has 0 atom stereocenters. The van der Waals surface area contributed by atoms with Crippen molar-refractivity contribution in [2.75, 3.05) is 11.5 Å². The van der Waals surface area contributed by atoms with Crippen LogP contribution in [0.4, 0.5) is 11.4 Å². The molecule has 12 nitrogen and oxygen atoms in total. The van der Waals surface area contributed by atoms with Crippen molar-refractivity contribution in [2.24, 2.45) is 0 Å². The Labute approximate surface area is 281 Å². The molecule has 0 amide bonds. The predicted octanol–water partition coefficient (Wildman–Crippen LogP) is 5.84. The lowest BCUT2D eigenvalue weighted by Crippen LogP contribution is -2.22. The number of anilines is 2. The summed E-state index contributed by atoms with van der Waals surface area (Å²) in [6.07, 6.45) is 0. The van der Waals surface area contributed by atoms with E-state index < -0.39 is 0 Å². The average Bonchev–Trinajstić information content (AvgIpc) is 3.84. The number of benzene rings is 5. The van der Waals surface area contributed by atoms with Crippen LogP contribution in [-0.4, -0.2) is 43.5 Å². The number of carbonyl (C=O) groups is 4. The molecule has 2 aromatic heterocycles. The SMILES string of the molecule is Nc1c(-c2nnc(-c3ccc(-c4nnc(-c5ccc6c(c5N)C(=O)c5ccccc5C6=O)o4)cc3)o2)ccc2c1C(=O)c1ccccc1C2=O. The number of carbonyl (C=O) groups excluding carboxylic acids is 4. The lowest BCUT2D eigenvalue weighted by molar-refractivity contribution is 0.0980. The Hall–Kier alpha value is -7.34. The molecule has 0 bridgehead atoms. The Bertz CT molecular complexity index is 2470. The van der Waals surface area contributed by atoms with Gasteiger partial charge in [0, 0.05) is 44.5 Å². The van der Waals surface area contributed by atoms with Crippen LogP contribution in [-0.2, 0) is 0 Å². The Morgan fingerprint density at radius 2 is 0.680 bits per heavy atom. The quantitative estimate of drug-likeness (QED) is 0.215. The van der Waals surface area contributed by atoms with Crippen LogP contribution in [0.5, 0.6) is 0 Å². The Morgan fingerprint density at radius 1 is 0.360 bits per heavy atom. The van der Waals surface area contributed by atoms with Gasteiger partial charge >= 0.3 is 0 Å². The maximum Gasteiger partial charge on any atom is 0.250 e. The third-order valence-electron chi connectivity index (χ3n) is 8.96. The molecule has 2 aliphatic carbocycles. The zero-order chi connectivity index (χ0) is 34.3. The highest BCUT2D eigenvalue weighted by Gasteiger charge is 2.34. The normalized spacial score (nSPS) is 13.1. The van der Waals surface area contributed by atoms with Crippen LogP contribution in [0.3, 0.4) is 0 Å². The topological polar surface area (TPSA) is 198 Å². The van der Waals surface area contributed by atoms with E-state index >= 15 is 0 Å². The standard InChI is InChI=1S/C38H20N6O6/c39-29-25(15-13-23-27(29)33(47)21-7-3-1-5-19(21)31(23)45)37-43-41-35(49-37)17-9-11-18(12-10-17)36-42-44-38(50-36)26-16-14-24-28(30(26)40)34(48)22-8-4-2-6-20(22)32(24)46/h1-16H,39-40H2. The van der Waals surface area contributed by atoms with Crippen LogP contribution in [0.2, 0.25) is 0 Å². The molecule has 0 saturated carbocycles. The van der Waals surface area contributed by atoms with Crippen LogP contribution < -0.4 is 11.5 Å². The summed E-state index contributed by atoms with van der Waals surface area (Å²) in [5.74, 6) is -0.729. The van der Waals surface area contributed by atoms with E-state index in [0.717, 1.165) is 0 Å². The van der Waals surface area contributed by atoms with E-state index in [1.54, 1.807) is 97.1 Å². The Kier molecular flexibility index (Phi) is 6.11. The maximum atomic E-state index is 13.3. The molecule has 12 heteroatoms. The molecule has 9 rings (SSSR count).